The topological polar surface area (TPSA) is 49.8 Å². The fraction of sp³-hybridized carbons (Fsp3) is 0.273. The summed E-state index contributed by atoms with van der Waals surface area (Å²) in [5.41, 5.74) is 2.71. The van der Waals surface area contributed by atoms with Gasteiger partial charge in [-0.3, -0.25) is 0 Å². The van der Waals surface area contributed by atoms with Crippen LogP contribution in [0.5, 0.6) is 0 Å². The second-order valence-electron chi connectivity index (χ2n) is 3.37. The number of aryl methyl sites for hydroxylation is 1. The van der Waals surface area contributed by atoms with E-state index in [9.17, 15) is 0 Å². The number of rotatable bonds is 1. The van der Waals surface area contributed by atoms with Crippen LogP contribution in [-0.4, -0.2) is 4.98 Å². The molecule has 0 N–H and O–H groups in total. The highest BCUT2D eigenvalue weighted by atomic mass is 16.3. The van der Waals surface area contributed by atoms with E-state index >= 15 is 0 Å². The van der Waals surface area contributed by atoms with Gasteiger partial charge in [-0.25, -0.2) is 4.98 Å². The van der Waals surface area contributed by atoms with Crippen molar-refractivity contribution in [3.8, 4) is 6.07 Å². The van der Waals surface area contributed by atoms with Crippen LogP contribution in [0, 0.1) is 18.3 Å². The van der Waals surface area contributed by atoms with Gasteiger partial charge in [0.05, 0.1) is 6.07 Å². The van der Waals surface area contributed by atoms with E-state index < -0.39 is 0 Å². The van der Waals surface area contributed by atoms with Gasteiger partial charge in [0.25, 0.3) is 0 Å². The maximum absolute atomic E-state index is 8.72. The second kappa shape index (κ2) is 3.15. The molecule has 0 saturated carbocycles. The Bertz CT molecular complexity index is 507. The summed E-state index contributed by atoms with van der Waals surface area (Å²) in [6, 6.07) is 7.90. The fourth-order valence-corrected chi connectivity index (χ4v) is 1.30. The van der Waals surface area contributed by atoms with E-state index in [-0.39, 0.29) is 5.92 Å². The minimum atomic E-state index is -0.289. The minimum Gasteiger partial charge on any atom is -0.439 e. The highest BCUT2D eigenvalue weighted by Gasteiger charge is 2.12. The van der Waals surface area contributed by atoms with Crippen molar-refractivity contribution in [1.82, 2.24) is 4.98 Å². The molecule has 14 heavy (non-hydrogen) atoms. The van der Waals surface area contributed by atoms with Gasteiger partial charge in [0.1, 0.15) is 11.4 Å². The van der Waals surface area contributed by atoms with Gasteiger partial charge in [0.2, 0.25) is 5.89 Å². The molecule has 0 amide bonds. The third-order valence-corrected chi connectivity index (χ3v) is 2.12. The fourth-order valence-electron chi connectivity index (χ4n) is 1.30. The lowest BCUT2D eigenvalue weighted by atomic mass is 10.2. The molecule has 2 rings (SSSR count). The number of hydrogen-bond donors (Lipinski definition) is 0. The van der Waals surface area contributed by atoms with Gasteiger partial charge in [-0.1, -0.05) is 6.07 Å². The largest absolute Gasteiger partial charge is 0.439 e. The smallest absolute Gasteiger partial charge is 0.212 e. The molecule has 0 spiro atoms. The van der Waals surface area contributed by atoms with Gasteiger partial charge in [-0.2, -0.15) is 5.26 Å². The third-order valence-electron chi connectivity index (χ3n) is 2.12. The monoisotopic (exact) mass is 186 g/mol. The Labute approximate surface area is 82.0 Å². The lowest BCUT2D eigenvalue weighted by molar-refractivity contribution is 0.520. The maximum atomic E-state index is 8.72. The summed E-state index contributed by atoms with van der Waals surface area (Å²) in [4.78, 5) is 4.26. The average Bonchev–Trinajstić information content (AvgIpc) is 2.59. The normalized spacial score (nSPS) is 12.6. The number of oxazole rings is 1. The number of nitrogens with zero attached hydrogens (tertiary/aromatic N) is 2. The van der Waals surface area contributed by atoms with E-state index in [0.29, 0.717) is 5.89 Å². The van der Waals surface area contributed by atoms with Crippen LogP contribution >= 0.6 is 0 Å². The van der Waals surface area contributed by atoms with Crippen LogP contribution in [0.4, 0.5) is 0 Å². The number of hydrogen-bond acceptors (Lipinski definition) is 3. The molecule has 1 aromatic heterocycles. The van der Waals surface area contributed by atoms with Crippen LogP contribution in [0.15, 0.2) is 22.6 Å². The molecule has 0 fully saturated rings. The summed E-state index contributed by atoms with van der Waals surface area (Å²) in [6.45, 7) is 3.78. The summed E-state index contributed by atoms with van der Waals surface area (Å²) in [7, 11) is 0. The first kappa shape index (κ1) is 8.76. The molecule has 0 radical (unpaired) electrons. The van der Waals surface area contributed by atoms with E-state index in [1.807, 2.05) is 25.1 Å². The zero-order valence-electron chi connectivity index (χ0n) is 8.11. The van der Waals surface area contributed by atoms with Crippen LogP contribution in [0.3, 0.4) is 0 Å². The van der Waals surface area contributed by atoms with Crippen molar-refractivity contribution in [1.29, 1.82) is 5.26 Å². The van der Waals surface area contributed by atoms with Crippen molar-refractivity contribution in [2.45, 2.75) is 19.8 Å². The molecule has 2 aromatic rings. The molecule has 3 nitrogen and oxygen atoms in total. The van der Waals surface area contributed by atoms with E-state index in [2.05, 4.69) is 11.1 Å². The molecule has 1 aromatic carbocycles. The predicted molar refractivity (Wildman–Crippen MR) is 52.8 cm³/mol. The number of fused-ring (bicyclic) bond motifs is 1. The lowest BCUT2D eigenvalue weighted by Crippen LogP contribution is -1.87. The van der Waals surface area contributed by atoms with Crippen molar-refractivity contribution < 1.29 is 4.42 Å². The van der Waals surface area contributed by atoms with Gasteiger partial charge in [0.15, 0.2) is 5.58 Å². The average molecular weight is 186 g/mol. The van der Waals surface area contributed by atoms with Crippen LogP contribution in [0.1, 0.15) is 24.3 Å². The Hall–Kier alpha value is -1.82. The molecule has 1 heterocycles. The molecule has 0 aliphatic heterocycles. The van der Waals surface area contributed by atoms with E-state index in [1.165, 1.54) is 0 Å². The van der Waals surface area contributed by atoms with Gasteiger partial charge >= 0.3 is 0 Å². The summed E-state index contributed by atoms with van der Waals surface area (Å²) in [5.74, 6) is 0.204. The predicted octanol–water partition coefficient (Wildman–Crippen LogP) is 2.76. The maximum Gasteiger partial charge on any atom is 0.212 e. The van der Waals surface area contributed by atoms with Crippen LogP contribution in [0.2, 0.25) is 0 Å². The molecule has 0 saturated heterocycles. The first-order chi connectivity index (χ1) is 6.70. The van der Waals surface area contributed by atoms with Gasteiger partial charge in [-0.05, 0) is 31.5 Å². The highest BCUT2D eigenvalue weighted by molar-refractivity contribution is 5.73. The van der Waals surface area contributed by atoms with Crippen LogP contribution in [0.25, 0.3) is 11.1 Å². The zero-order chi connectivity index (χ0) is 10.1. The van der Waals surface area contributed by atoms with E-state index in [4.69, 9.17) is 9.68 Å². The van der Waals surface area contributed by atoms with Crippen molar-refractivity contribution >= 4 is 11.1 Å². The zero-order valence-corrected chi connectivity index (χ0v) is 8.11. The first-order valence-electron chi connectivity index (χ1n) is 4.47. The minimum absolute atomic E-state index is 0.289. The molecule has 0 bridgehead atoms. The Morgan fingerprint density at radius 2 is 2.29 bits per heavy atom. The Morgan fingerprint density at radius 3 is 3.00 bits per heavy atom. The van der Waals surface area contributed by atoms with Crippen LogP contribution < -0.4 is 0 Å². The first-order valence-corrected chi connectivity index (χ1v) is 4.47. The van der Waals surface area contributed by atoms with E-state index in [1.54, 1.807) is 6.92 Å². The Kier molecular flexibility index (Phi) is 1.97. The number of aromatic nitrogens is 1. The summed E-state index contributed by atoms with van der Waals surface area (Å²) >= 11 is 0. The number of benzene rings is 1. The lowest BCUT2D eigenvalue weighted by Gasteiger charge is -1.90. The third kappa shape index (κ3) is 1.35. The van der Waals surface area contributed by atoms with Crippen molar-refractivity contribution in [2.24, 2.45) is 0 Å². The second-order valence-corrected chi connectivity index (χ2v) is 3.37. The summed E-state index contributed by atoms with van der Waals surface area (Å²) in [5, 5.41) is 8.72. The molecule has 0 aliphatic rings. The van der Waals surface area contributed by atoms with E-state index in [0.717, 1.165) is 16.7 Å². The molecular formula is C11H10N2O. The van der Waals surface area contributed by atoms with Crippen molar-refractivity contribution in [2.75, 3.05) is 0 Å². The molecule has 3 heteroatoms. The van der Waals surface area contributed by atoms with Crippen molar-refractivity contribution in [3.63, 3.8) is 0 Å². The number of nitriles is 1. The Morgan fingerprint density at radius 1 is 1.50 bits per heavy atom. The highest BCUT2D eigenvalue weighted by Crippen LogP contribution is 2.21. The SMILES string of the molecule is Cc1ccc2oc(C(C)C#N)nc2c1. The van der Waals surface area contributed by atoms with Crippen LogP contribution in [-0.2, 0) is 0 Å². The molecule has 70 valence electrons. The molecule has 1 unspecified atom stereocenters. The Balaban J connectivity index is 2.58. The molecule has 0 aliphatic carbocycles. The molecular weight excluding hydrogens is 176 g/mol. The quantitative estimate of drug-likeness (QED) is 0.688. The summed E-state index contributed by atoms with van der Waals surface area (Å²) < 4.78 is 5.44. The van der Waals surface area contributed by atoms with Gasteiger partial charge < -0.3 is 4.42 Å². The standard InChI is InChI=1S/C11H10N2O/c1-7-3-4-10-9(5-7)13-11(14-10)8(2)6-12/h3-5,8H,1-2H3. The van der Waals surface area contributed by atoms with Gasteiger partial charge in [-0.15, -0.1) is 0 Å². The van der Waals surface area contributed by atoms with Crippen molar-refractivity contribution in [3.05, 3.63) is 29.7 Å². The summed E-state index contributed by atoms with van der Waals surface area (Å²) in [6.07, 6.45) is 0. The molecule has 1 atom stereocenters. The van der Waals surface area contributed by atoms with Gasteiger partial charge in [0, 0.05) is 0 Å².